The summed E-state index contributed by atoms with van der Waals surface area (Å²) in [5.74, 6) is -1.48. The van der Waals surface area contributed by atoms with Gasteiger partial charge in [0.05, 0.1) is 0 Å². The first-order chi connectivity index (χ1) is 8.08. The second-order valence-corrected chi connectivity index (χ2v) is 3.80. The second-order valence-electron chi connectivity index (χ2n) is 3.80. The molecule has 1 heterocycles. The van der Waals surface area contributed by atoms with Crippen molar-refractivity contribution in [3.05, 3.63) is 36.0 Å². The number of carbonyl (C=O) groups excluding carboxylic acids is 1. The van der Waals surface area contributed by atoms with Crippen molar-refractivity contribution < 1.29 is 14.7 Å². The van der Waals surface area contributed by atoms with E-state index in [0.29, 0.717) is 5.69 Å². The van der Waals surface area contributed by atoms with Crippen LogP contribution >= 0.6 is 0 Å². The van der Waals surface area contributed by atoms with E-state index in [1.54, 1.807) is 6.07 Å². The summed E-state index contributed by atoms with van der Waals surface area (Å²) in [7, 11) is 0. The summed E-state index contributed by atoms with van der Waals surface area (Å²) in [6.45, 7) is 1.42. The molecule has 3 N–H and O–H groups in total. The van der Waals surface area contributed by atoms with Crippen LogP contribution in [0.4, 0.5) is 0 Å². The first-order valence-electron chi connectivity index (χ1n) is 5.19. The normalized spacial score (nSPS) is 12.3. The van der Waals surface area contributed by atoms with Crippen LogP contribution in [0.2, 0.25) is 0 Å². The Morgan fingerprint density at radius 3 is 2.71 bits per heavy atom. The number of para-hydroxylation sites is 1. The predicted octanol–water partition coefficient (Wildman–Crippen LogP) is 1.37. The molecular formula is C12H12N2O3. The molecule has 0 radical (unpaired) electrons. The Bertz CT molecular complexity index is 541. The van der Waals surface area contributed by atoms with E-state index in [1.165, 1.54) is 6.92 Å². The van der Waals surface area contributed by atoms with E-state index in [0.717, 1.165) is 10.9 Å². The molecule has 1 aromatic heterocycles. The van der Waals surface area contributed by atoms with E-state index in [2.05, 4.69) is 10.3 Å². The highest BCUT2D eigenvalue weighted by Crippen LogP contribution is 2.14. The van der Waals surface area contributed by atoms with Gasteiger partial charge in [-0.15, -0.1) is 0 Å². The smallest absolute Gasteiger partial charge is 0.325 e. The fraction of sp³-hybridized carbons (Fsp3) is 0.167. The molecule has 0 aliphatic carbocycles. The molecule has 0 aliphatic rings. The summed E-state index contributed by atoms with van der Waals surface area (Å²) in [6.07, 6.45) is 0. The maximum absolute atomic E-state index is 11.7. The largest absolute Gasteiger partial charge is 0.480 e. The molecule has 0 fully saturated rings. The third-order valence-corrected chi connectivity index (χ3v) is 2.49. The molecule has 0 spiro atoms. The summed E-state index contributed by atoms with van der Waals surface area (Å²) in [5.41, 5.74) is 1.21. The molecule has 2 rings (SSSR count). The molecule has 17 heavy (non-hydrogen) atoms. The fourth-order valence-corrected chi connectivity index (χ4v) is 1.53. The van der Waals surface area contributed by atoms with Gasteiger partial charge < -0.3 is 15.4 Å². The van der Waals surface area contributed by atoms with E-state index in [4.69, 9.17) is 5.11 Å². The number of amides is 1. The lowest BCUT2D eigenvalue weighted by atomic mass is 10.2. The predicted molar refractivity (Wildman–Crippen MR) is 62.9 cm³/mol. The Labute approximate surface area is 97.4 Å². The highest BCUT2D eigenvalue weighted by Gasteiger charge is 2.16. The fourth-order valence-electron chi connectivity index (χ4n) is 1.53. The zero-order valence-electron chi connectivity index (χ0n) is 9.23. The summed E-state index contributed by atoms with van der Waals surface area (Å²) in [5, 5.41) is 12.0. The average Bonchev–Trinajstić information content (AvgIpc) is 2.72. The van der Waals surface area contributed by atoms with Crippen LogP contribution in [-0.4, -0.2) is 28.0 Å². The van der Waals surface area contributed by atoms with Crippen molar-refractivity contribution in [3.8, 4) is 0 Å². The van der Waals surface area contributed by atoms with E-state index in [1.807, 2.05) is 24.3 Å². The quantitative estimate of drug-likeness (QED) is 0.747. The van der Waals surface area contributed by atoms with Crippen LogP contribution in [-0.2, 0) is 4.79 Å². The lowest BCUT2D eigenvalue weighted by Crippen LogP contribution is -2.38. The molecule has 0 saturated heterocycles. The highest BCUT2D eigenvalue weighted by molar-refractivity contribution is 5.99. The minimum Gasteiger partial charge on any atom is -0.480 e. The van der Waals surface area contributed by atoms with Crippen molar-refractivity contribution in [3.63, 3.8) is 0 Å². The van der Waals surface area contributed by atoms with Crippen LogP contribution in [0.3, 0.4) is 0 Å². The van der Waals surface area contributed by atoms with Gasteiger partial charge in [-0.25, -0.2) is 0 Å². The first-order valence-corrected chi connectivity index (χ1v) is 5.19. The number of hydrogen-bond donors (Lipinski definition) is 3. The first kappa shape index (κ1) is 11.2. The van der Waals surface area contributed by atoms with Crippen LogP contribution < -0.4 is 5.32 Å². The number of benzene rings is 1. The van der Waals surface area contributed by atoms with Gasteiger partial charge in [0, 0.05) is 10.9 Å². The number of nitrogens with one attached hydrogen (secondary N) is 2. The van der Waals surface area contributed by atoms with E-state index < -0.39 is 17.9 Å². The number of carboxylic acids is 1. The summed E-state index contributed by atoms with van der Waals surface area (Å²) < 4.78 is 0. The summed E-state index contributed by atoms with van der Waals surface area (Å²) in [6, 6.07) is 8.25. The van der Waals surface area contributed by atoms with Gasteiger partial charge in [-0.3, -0.25) is 9.59 Å². The lowest BCUT2D eigenvalue weighted by Gasteiger charge is -2.07. The highest BCUT2D eigenvalue weighted by atomic mass is 16.4. The Hall–Kier alpha value is -2.30. The van der Waals surface area contributed by atoms with Crippen LogP contribution in [0, 0.1) is 0 Å². The molecule has 1 atom stereocenters. The van der Waals surface area contributed by atoms with E-state index in [9.17, 15) is 9.59 Å². The number of aromatic amines is 1. The molecule has 88 valence electrons. The van der Waals surface area contributed by atoms with Gasteiger partial charge in [-0.1, -0.05) is 18.2 Å². The number of aliphatic carboxylic acids is 1. The van der Waals surface area contributed by atoms with Crippen molar-refractivity contribution in [2.24, 2.45) is 0 Å². The molecule has 1 amide bonds. The van der Waals surface area contributed by atoms with E-state index >= 15 is 0 Å². The number of rotatable bonds is 3. The van der Waals surface area contributed by atoms with Crippen molar-refractivity contribution in [2.75, 3.05) is 0 Å². The maximum Gasteiger partial charge on any atom is 0.325 e. The molecular weight excluding hydrogens is 220 g/mol. The van der Waals surface area contributed by atoms with Crippen LogP contribution in [0.5, 0.6) is 0 Å². The topological polar surface area (TPSA) is 82.2 Å². The molecule has 1 unspecified atom stereocenters. The van der Waals surface area contributed by atoms with Gasteiger partial charge in [0.25, 0.3) is 5.91 Å². The number of hydrogen-bond acceptors (Lipinski definition) is 2. The second kappa shape index (κ2) is 4.29. The molecule has 0 aliphatic heterocycles. The van der Waals surface area contributed by atoms with Crippen LogP contribution in [0.15, 0.2) is 30.3 Å². The zero-order valence-corrected chi connectivity index (χ0v) is 9.23. The molecule has 0 bridgehead atoms. The number of carbonyl (C=O) groups is 2. The van der Waals surface area contributed by atoms with Crippen molar-refractivity contribution >= 4 is 22.8 Å². The van der Waals surface area contributed by atoms with Gasteiger partial charge in [0.2, 0.25) is 0 Å². The third-order valence-electron chi connectivity index (χ3n) is 2.49. The van der Waals surface area contributed by atoms with Crippen molar-refractivity contribution in [1.82, 2.24) is 10.3 Å². The van der Waals surface area contributed by atoms with Gasteiger partial charge in [0.1, 0.15) is 11.7 Å². The van der Waals surface area contributed by atoms with E-state index in [-0.39, 0.29) is 0 Å². The minimum atomic E-state index is -1.06. The van der Waals surface area contributed by atoms with Gasteiger partial charge in [0.15, 0.2) is 0 Å². The number of aromatic nitrogens is 1. The number of H-pyrrole nitrogens is 1. The van der Waals surface area contributed by atoms with Crippen LogP contribution in [0.1, 0.15) is 17.4 Å². The standard InChI is InChI=1S/C12H12N2O3/c1-7(12(16)17)13-11(15)10-6-8-4-2-3-5-9(8)14-10/h2-7,14H,1H3,(H,13,15)(H,16,17). The molecule has 0 saturated carbocycles. The number of fused-ring (bicyclic) bond motifs is 1. The summed E-state index contributed by atoms with van der Waals surface area (Å²) in [4.78, 5) is 25.3. The zero-order chi connectivity index (χ0) is 12.4. The number of carboxylic acid groups (broad SMARTS) is 1. The van der Waals surface area contributed by atoms with Gasteiger partial charge >= 0.3 is 5.97 Å². The molecule has 2 aromatic rings. The Morgan fingerprint density at radius 2 is 2.06 bits per heavy atom. The molecule has 5 heteroatoms. The summed E-state index contributed by atoms with van der Waals surface area (Å²) >= 11 is 0. The maximum atomic E-state index is 11.7. The minimum absolute atomic E-state index is 0.360. The average molecular weight is 232 g/mol. The van der Waals surface area contributed by atoms with Gasteiger partial charge in [-0.05, 0) is 19.1 Å². The van der Waals surface area contributed by atoms with Crippen molar-refractivity contribution in [2.45, 2.75) is 13.0 Å². The third kappa shape index (κ3) is 2.28. The van der Waals surface area contributed by atoms with Crippen molar-refractivity contribution in [1.29, 1.82) is 0 Å². The molecule has 1 aromatic carbocycles. The SMILES string of the molecule is CC(NC(=O)c1cc2ccccc2[nH]1)C(=O)O. The Morgan fingerprint density at radius 1 is 1.35 bits per heavy atom. The monoisotopic (exact) mass is 232 g/mol. The van der Waals surface area contributed by atoms with Gasteiger partial charge in [-0.2, -0.15) is 0 Å². The molecule has 5 nitrogen and oxygen atoms in total. The lowest BCUT2D eigenvalue weighted by molar-refractivity contribution is -0.138. The Kier molecular flexibility index (Phi) is 2.82. The Balaban J connectivity index is 2.22. The van der Waals surface area contributed by atoms with Crippen LogP contribution in [0.25, 0.3) is 10.9 Å².